The van der Waals surface area contributed by atoms with Gasteiger partial charge in [0.05, 0.1) is 1.37 Å². The second kappa shape index (κ2) is 5.06. The molecule has 0 aliphatic rings. The average molecular weight is 120 g/mol. The fourth-order valence-corrected chi connectivity index (χ4v) is 0.460. The standard InChI is InChI=1S/C6H14O2/c1-2-3-4-5-6(7)8/h6-8H,2-5H2,1H3/i1D,6D. The summed E-state index contributed by atoms with van der Waals surface area (Å²) in [4.78, 5) is 0. The zero-order valence-electron chi connectivity index (χ0n) is 6.93. The molecule has 0 aromatic heterocycles. The van der Waals surface area contributed by atoms with Gasteiger partial charge in [-0.2, -0.15) is 0 Å². The van der Waals surface area contributed by atoms with Gasteiger partial charge in [0, 0.05) is 1.37 Å². The van der Waals surface area contributed by atoms with Crippen LogP contribution in [0.4, 0.5) is 0 Å². The van der Waals surface area contributed by atoms with Crippen LogP contribution >= 0.6 is 0 Å². The molecular formula is C6H14O2. The SMILES string of the molecule is [2H]CCCCCC([2H])(O)O. The molecule has 0 saturated heterocycles. The van der Waals surface area contributed by atoms with Crippen LogP contribution < -0.4 is 0 Å². The first-order valence-electron chi connectivity index (χ1n) is 4.01. The number of unbranched alkanes of at least 4 members (excludes halogenated alkanes) is 2. The number of hydrogen-bond acceptors (Lipinski definition) is 2. The van der Waals surface area contributed by atoms with E-state index in [2.05, 4.69) is 0 Å². The lowest BCUT2D eigenvalue weighted by atomic mass is 10.2. The van der Waals surface area contributed by atoms with Crippen LogP contribution in [0.5, 0.6) is 0 Å². The molecular weight excluding hydrogens is 104 g/mol. The first-order chi connectivity index (χ1) is 4.56. The molecule has 0 radical (unpaired) electrons. The van der Waals surface area contributed by atoms with Gasteiger partial charge in [-0.15, -0.1) is 0 Å². The molecule has 0 spiro atoms. The molecule has 0 saturated carbocycles. The van der Waals surface area contributed by atoms with Crippen molar-refractivity contribution in [2.24, 2.45) is 0 Å². The van der Waals surface area contributed by atoms with Crippen molar-refractivity contribution in [3.05, 3.63) is 0 Å². The van der Waals surface area contributed by atoms with Gasteiger partial charge in [0.25, 0.3) is 0 Å². The Balaban J connectivity index is 3.04. The van der Waals surface area contributed by atoms with Gasteiger partial charge in [0.1, 0.15) is 0 Å². The fourth-order valence-electron chi connectivity index (χ4n) is 0.460. The summed E-state index contributed by atoms with van der Waals surface area (Å²) in [6.45, 7) is 0.377. The second-order valence-electron chi connectivity index (χ2n) is 1.73. The molecule has 0 fully saturated rings. The van der Waals surface area contributed by atoms with Crippen LogP contribution in [0.15, 0.2) is 0 Å². The van der Waals surface area contributed by atoms with E-state index in [9.17, 15) is 0 Å². The minimum absolute atomic E-state index is 0.0764. The molecule has 50 valence electrons. The zero-order valence-corrected chi connectivity index (χ0v) is 4.93. The second-order valence-corrected chi connectivity index (χ2v) is 1.73. The van der Waals surface area contributed by atoms with E-state index in [0.29, 0.717) is 13.3 Å². The lowest BCUT2D eigenvalue weighted by Gasteiger charge is -1.99. The van der Waals surface area contributed by atoms with Crippen molar-refractivity contribution in [3.63, 3.8) is 0 Å². The van der Waals surface area contributed by atoms with Crippen LogP contribution in [0.3, 0.4) is 0 Å². The molecule has 0 atom stereocenters. The first kappa shape index (κ1) is 4.77. The van der Waals surface area contributed by atoms with E-state index in [4.69, 9.17) is 13.0 Å². The minimum atomic E-state index is -2.26. The Bertz CT molecular complexity index is 80.3. The maximum absolute atomic E-state index is 8.49. The first-order valence-corrected chi connectivity index (χ1v) is 2.80. The van der Waals surface area contributed by atoms with Crippen molar-refractivity contribution in [2.75, 3.05) is 0 Å². The average Bonchev–Trinajstić information content (AvgIpc) is 1.78. The van der Waals surface area contributed by atoms with E-state index in [1.54, 1.807) is 0 Å². The summed E-state index contributed by atoms with van der Waals surface area (Å²) < 4.78 is 13.4. The summed E-state index contributed by atoms with van der Waals surface area (Å²) in [7, 11) is 0. The van der Waals surface area contributed by atoms with Gasteiger partial charge in [-0.05, 0) is 12.8 Å². The van der Waals surface area contributed by atoms with Gasteiger partial charge in [0.15, 0.2) is 6.27 Å². The summed E-state index contributed by atoms with van der Waals surface area (Å²) in [5.74, 6) is 0. The lowest BCUT2D eigenvalue weighted by molar-refractivity contribution is -0.0465. The van der Waals surface area contributed by atoms with Crippen molar-refractivity contribution in [2.45, 2.75) is 38.8 Å². The van der Waals surface area contributed by atoms with Crippen molar-refractivity contribution in [1.82, 2.24) is 0 Å². The molecule has 0 unspecified atom stereocenters. The zero-order chi connectivity index (χ0) is 8.04. The Morgan fingerprint density at radius 1 is 1.62 bits per heavy atom. The van der Waals surface area contributed by atoms with Crippen molar-refractivity contribution in [3.8, 4) is 0 Å². The molecule has 2 heteroatoms. The highest BCUT2D eigenvalue weighted by Crippen LogP contribution is 1.99. The smallest absolute Gasteiger partial charge is 0.151 e. The third kappa shape index (κ3) is 5.92. The van der Waals surface area contributed by atoms with E-state index in [-0.39, 0.29) is 6.42 Å². The predicted molar refractivity (Wildman–Crippen MR) is 32.4 cm³/mol. The Hall–Kier alpha value is -0.0800. The highest BCUT2D eigenvalue weighted by atomic mass is 16.5. The van der Waals surface area contributed by atoms with E-state index in [1.807, 2.05) is 0 Å². The Morgan fingerprint density at radius 3 is 2.88 bits per heavy atom. The van der Waals surface area contributed by atoms with Crippen molar-refractivity contribution >= 4 is 0 Å². The summed E-state index contributed by atoms with van der Waals surface area (Å²) in [6.07, 6.45) is -0.00820. The molecule has 8 heavy (non-hydrogen) atoms. The third-order valence-corrected chi connectivity index (χ3v) is 0.900. The molecule has 2 N–H and O–H groups in total. The van der Waals surface area contributed by atoms with E-state index < -0.39 is 6.27 Å². The van der Waals surface area contributed by atoms with Crippen LogP contribution in [0.1, 0.15) is 35.3 Å². The number of rotatable bonds is 4. The Labute approximate surface area is 53.0 Å². The molecule has 0 bridgehead atoms. The van der Waals surface area contributed by atoms with Gasteiger partial charge < -0.3 is 10.2 Å². The monoisotopic (exact) mass is 120 g/mol. The summed E-state index contributed by atoms with van der Waals surface area (Å²) >= 11 is 0. The van der Waals surface area contributed by atoms with Crippen LogP contribution in [-0.2, 0) is 0 Å². The molecule has 2 nitrogen and oxygen atoms in total. The van der Waals surface area contributed by atoms with Gasteiger partial charge in [-0.25, -0.2) is 0 Å². The molecule has 0 aliphatic carbocycles. The van der Waals surface area contributed by atoms with Crippen molar-refractivity contribution < 1.29 is 13.0 Å². The quantitative estimate of drug-likeness (QED) is 0.427. The molecule has 0 aromatic rings. The number of hydrogen-bond donors (Lipinski definition) is 2. The van der Waals surface area contributed by atoms with Gasteiger partial charge >= 0.3 is 0 Å². The summed E-state index contributed by atoms with van der Waals surface area (Å²) in [6, 6.07) is 0. The number of aliphatic hydroxyl groups is 2. The minimum Gasteiger partial charge on any atom is -0.368 e. The van der Waals surface area contributed by atoms with E-state index in [0.717, 1.165) is 12.8 Å². The highest BCUT2D eigenvalue weighted by Gasteiger charge is 1.93. The predicted octanol–water partition coefficient (Wildman–Crippen LogP) is 0.877. The lowest BCUT2D eigenvalue weighted by Crippen LogP contribution is -2.02. The Morgan fingerprint density at radius 2 is 2.38 bits per heavy atom. The molecule has 0 amide bonds. The molecule has 0 aromatic carbocycles. The largest absolute Gasteiger partial charge is 0.368 e. The van der Waals surface area contributed by atoms with Crippen LogP contribution in [0, 0.1) is 0 Å². The fraction of sp³-hybridized carbons (Fsp3) is 1.00. The maximum Gasteiger partial charge on any atom is 0.151 e. The van der Waals surface area contributed by atoms with Gasteiger partial charge in [-0.3, -0.25) is 0 Å². The van der Waals surface area contributed by atoms with Gasteiger partial charge in [0.2, 0.25) is 0 Å². The van der Waals surface area contributed by atoms with E-state index >= 15 is 0 Å². The van der Waals surface area contributed by atoms with Crippen LogP contribution in [0.2, 0.25) is 0 Å². The third-order valence-electron chi connectivity index (χ3n) is 0.900. The maximum atomic E-state index is 8.49. The normalized spacial score (nSPS) is 15.2. The Kier molecular flexibility index (Phi) is 3.02. The van der Waals surface area contributed by atoms with Gasteiger partial charge in [-0.1, -0.05) is 19.7 Å². The molecule has 0 rings (SSSR count). The summed E-state index contributed by atoms with van der Waals surface area (Å²) in [5.41, 5.74) is 0. The van der Waals surface area contributed by atoms with Crippen LogP contribution in [0.25, 0.3) is 0 Å². The summed E-state index contributed by atoms with van der Waals surface area (Å²) in [5, 5.41) is 17.0. The highest BCUT2D eigenvalue weighted by molar-refractivity contribution is 4.40. The van der Waals surface area contributed by atoms with E-state index in [1.165, 1.54) is 0 Å². The van der Waals surface area contributed by atoms with Crippen LogP contribution in [-0.4, -0.2) is 16.5 Å². The molecule has 0 aliphatic heterocycles. The van der Waals surface area contributed by atoms with Crippen molar-refractivity contribution in [1.29, 1.82) is 0 Å². The molecule has 0 heterocycles. The topological polar surface area (TPSA) is 40.5 Å².